The number of ether oxygens (including phenoxy) is 1. The van der Waals surface area contributed by atoms with E-state index in [1.54, 1.807) is 6.08 Å². The van der Waals surface area contributed by atoms with E-state index in [4.69, 9.17) is 4.74 Å². The number of halogens is 1. The van der Waals surface area contributed by atoms with Gasteiger partial charge in [0.2, 0.25) is 0 Å². The number of hydrogen-bond donors (Lipinski definition) is 0. The summed E-state index contributed by atoms with van der Waals surface area (Å²) >= 11 is 0. The van der Waals surface area contributed by atoms with Crippen molar-refractivity contribution < 1.29 is 9.13 Å². The monoisotopic (exact) mass is 192 g/mol. The molecular weight excluding hydrogens is 179 g/mol. The normalized spacial score (nSPS) is 22.6. The van der Waals surface area contributed by atoms with Gasteiger partial charge < -0.3 is 4.74 Å². The van der Waals surface area contributed by atoms with Crippen LogP contribution in [-0.4, -0.2) is 12.7 Å². The summed E-state index contributed by atoms with van der Waals surface area (Å²) in [5.74, 6) is -0.159. The van der Waals surface area contributed by atoms with Gasteiger partial charge in [-0.15, -0.1) is 0 Å². The van der Waals surface area contributed by atoms with Crippen LogP contribution in [0.1, 0.15) is 18.4 Å². The Morgan fingerprint density at radius 1 is 1.36 bits per heavy atom. The third-order valence-corrected chi connectivity index (χ3v) is 2.34. The van der Waals surface area contributed by atoms with Crippen LogP contribution in [0.15, 0.2) is 36.2 Å². The van der Waals surface area contributed by atoms with Crippen LogP contribution in [-0.2, 0) is 4.74 Å². The maximum Gasteiger partial charge on any atom is 0.129 e. The van der Waals surface area contributed by atoms with E-state index in [0.717, 1.165) is 18.4 Å². The zero-order chi connectivity index (χ0) is 9.80. The molecule has 0 bridgehead atoms. The molecule has 1 unspecified atom stereocenters. The lowest BCUT2D eigenvalue weighted by molar-refractivity contribution is 0.120. The SMILES string of the molecule is F/C(=C\c1ccccc1)C1CCCO1. The van der Waals surface area contributed by atoms with Gasteiger partial charge in [-0.2, -0.15) is 0 Å². The second-order valence-corrected chi connectivity index (χ2v) is 3.44. The van der Waals surface area contributed by atoms with E-state index in [-0.39, 0.29) is 11.9 Å². The quantitative estimate of drug-likeness (QED) is 0.699. The van der Waals surface area contributed by atoms with Crippen LogP contribution in [0.2, 0.25) is 0 Å². The van der Waals surface area contributed by atoms with Crippen LogP contribution < -0.4 is 0 Å². The van der Waals surface area contributed by atoms with Crippen LogP contribution in [0.25, 0.3) is 6.08 Å². The lowest BCUT2D eigenvalue weighted by Gasteiger charge is -2.05. The van der Waals surface area contributed by atoms with Gasteiger partial charge in [0.15, 0.2) is 0 Å². The minimum absolute atomic E-state index is 0.159. The van der Waals surface area contributed by atoms with Crippen LogP contribution in [0, 0.1) is 0 Å². The molecule has 2 rings (SSSR count). The molecule has 1 heterocycles. The maximum atomic E-state index is 13.5. The van der Waals surface area contributed by atoms with Crippen molar-refractivity contribution in [3.05, 3.63) is 41.7 Å². The molecule has 14 heavy (non-hydrogen) atoms. The zero-order valence-corrected chi connectivity index (χ0v) is 7.95. The standard InChI is InChI=1S/C12H13FO/c13-11(12-7-4-8-14-12)9-10-5-2-1-3-6-10/h1-3,5-6,9,12H,4,7-8H2/b11-9-. The van der Waals surface area contributed by atoms with E-state index in [1.165, 1.54) is 0 Å². The zero-order valence-electron chi connectivity index (χ0n) is 7.95. The molecule has 0 radical (unpaired) electrons. The Bertz CT molecular complexity index is 312. The second-order valence-electron chi connectivity index (χ2n) is 3.44. The molecule has 0 aromatic heterocycles. The van der Waals surface area contributed by atoms with Crippen LogP contribution in [0.3, 0.4) is 0 Å². The van der Waals surface area contributed by atoms with Crippen molar-refractivity contribution in [1.82, 2.24) is 0 Å². The second kappa shape index (κ2) is 4.38. The Balaban J connectivity index is 2.10. The highest BCUT2D eigenvalue weighted by molar-refractivity contribution is 5.51. The average Bonchev–Trinajstić information content (AvgIpc) is 2.72. The fraction of sp³-hybridized carbons (Fsp3) is 0.333. The molecule has 0 aliphatic carbocycles. The summed E-state index contributed by atoms with van der Waals surface area (Å²) in [6.07, 6.45) is 3.00. The topological polar surface area (TPSA) is 9.23 Å². The van der Waals surface area contributed by atoms with E-state index < -0.39 is 0 Å². The summed E-state index contributed by atoms with van der Waals surface area (Å²) in [7, 11) is 0. The summed E-state index contributed by atoms with van der Waals surface area (Å²) in [6.45, 7) is 0.681. The molecule has 1 saturated heterocycles. The van der Waals surface area contributed by atoms with Crippen LogP contribution >= 0.6 is 0 Å². The fourth-order valence-electron chi connectivity index (χ4n) is 1.60. The molecule has 1 aliphatic rings. The Morgan fingerprint density at radius 2 is 2.14 bits per heavy atom. The molecule has 74 valence electrons. The molecule has 0 amide bonds. The molecule has 1 aromatic rings. The van der Waals surface area contributed by atoms with Crippen molar-refractivity contribution in [2.24, 2.45) is 0 Å². The van der Waals surface area contributed by atoms with Gasteiger partial charge in [0.1, 0.15) is 11.9 Å². The molecule has 0 N–H and O–H groups in total. The smallest absolute Gasteiger partial charge is 0.129 e. The molecule has 2 heteroatoms. The van der Waals surface area contributed by atoms with Gasteiger partial charge >= 0.3 is 0 Å². The highest BCUT2D eigenvalue weighted by Crippen LogP contribution is 2.22. The van der Waals surface area contributed by atoms with Crippen molar-refractivity contribution in [2.75, 3.05) is 6.61 Å². The highest BCUT2D eigenvalue weighted by Gasteiger charge is 2.19. The van der Waals surface area contributed by atoms with E-state index in [1.807, 2.05) is 30.3 Å². The van der Waals surface area contributed by atoms with Crippen molar-refractivity contribution in [1.29, 1.82) is 0 Å². The molecule has 0 saturated carbocycles. The fourth-order valence-corrected chi connectivity index (χ4v) is 1.60. The number of benzene rings is 1. The van der Waals surface area contributed by atoms with Gasteiger partial charge in [-0.1, -0.05) is 30.3 Å². The van der Waals surface area contributed by atoms with Gasteiger partial charge in [-0.3, -0.25) is 0 Å². The van der Waals surface area contributed by atoms with Crippen molar-refractivity contribution in [2.45, 2.75) is 18.9 Å². The molecule has 1 aromatic carbocycles. The first kappa shape index (κ1) is 9.41. The summed E-state index contributed by atoms with van der Waals surface area (Å²) < 4.78 is 18.8. The van der Waals surface area contributed by atoms with E-state index in [2.05, 4.69) is 0 Å². The van der Waals surface area contributed by atoms with Crippen LogP contribution in [0.4, 0.5) is 4.39 Å². The third kappa shape index (κ3) is 2.20. The minimum atomic E-state index is -0.310. The Kier molecular flexibility index (Phi) is 2.94. The first-order valence-electron chi connectivity index (χ1n) is 4.90. The highest BCUT2D eigenvalue weighted by atomic mass is 19.1. The summed E-state index contributed by atoms with van der Waals surface area (Å²) in [6, 6.07) is 9.48. The Hall–Kier alpha value is -1.15. The largest absolute Gasteiger partial charge is 0.371 e. The van der Waals surface area contributed by atoms with Gasteiger partial charge in [-0.05, 0) is 24.5 Å². The summed E-state index contributed by atoms with van der Waals surface area (Å²) in [5.41, 5.74) is 0.889. The molecule has 1 atom stereocenters. The lowest BCUT2D eigenvalue weighted by Crippen LogP contribution is -2.04. The molecule has 1 fully saturated rings. The first-order valence-corrected chi connectivity index (χ1v) is 4.90. The predicted molar refractivity (Wildman–Crippen MR) is 54.5 cm³/mol. The Morgan fingerprint density at radius 3 is 2.79 bits per heavy atom. The van der Waals surface area contributed by atoms with Gasteiger partial charge in [-0.25, -0.2) is 4.39 Å². The van der Waals surface area contributed by atoms with E-state index >= 15 is 0 Å². The molecule has 1 aliphatic heterocycles. The summed E-state index contributed by atoms with van der Waals surface area (Å²) in [5, 5.41) is 0. The molecule has 1 nitrogen and oxygen atoms in total. The third-order valence-electron chi connectivity index (χ3n) is 2.34. The van der Waals surface area contributed by atoms with E-state index in [9.17, 15) is 4.39 Å². The van der Waals surface area contributed by atoms with Crippen molar-refractivity contribution in [3.8, 4) is 0 Å². The van der Waals surface area contributed by atoms with Gasteiger partial charge in [0.25, 0.3) is 0 Å². The van der Waals surface area contributed by atoms with E-state index in [0.29, 0.717) is 6.61 Å². The molecule has 0 spiro atoms. The maximum absolute atomic E-state index is 13.5. The predicted octanol–water partition coefficient (Wildman–Crippen LogP) is 3.18. The Labute approximate surface area is 83.2 Å². The van der Waals surface area contributed by atoms with Gasteiger partial charge in [0.05, 0.1) is 0 Å². The number of rotatable bonds is 2. The van der Waals surface area contributed by atoms with Crippen molar-refractivity contribution >= 4 is 6.08 Å². The average molecular weight is 192 g/mol. The minimum Gasteiger partial charge on any atom is -0.371 e. The number of hydrogen-bond acceptors (Lipinski definition) is 1. The lowest BCUT2D eigenvalue weighted by atomic mass is 10.1. The molecular formula is C12H13FO. The van der Waals surface area contributed by atoms with Crippen molar-refractivity contribution in [3.63, 3.8) is 0 Å². The first-order chi connectivity index (χ1) is 6.86. The van der Waals surface area contributed by atoms with Crippen LogP contribution in [0.5, 0.6) is 0 Å². The van der Waals surface area contributed by atoms with Gasteiger partial charge in [0, 0.05) is 6.61 Å². The summed E-state index contributed by atoms with van der Waals surface area (Å²) in [4.78, 5) is 0.